The number of halogens is 7. The first-order valence-corrected chi connectivity index (χ1v) is 8.51. The Balaban J connectivity index is 2.12. The number of nitrogens with one attached hydrogen (secondary N) is 1. The van der Waals surface area contributed by atoms with Crippen molar-refractivity contribution in [2.45, 2.75) is 31.2 Å². The third kappa shape index (κ3) is 5.52. The molecule has 0 bridgehead atoms. The van der Waals surface area contributed by atoms with E-state index in [9.17, 15) is 30.7 Å². The lowest BCUT2D eigenvalue weighted by Crippen LogP contribution is -2.58. The molecule has 0 radical (unpaired) electrons. The first-order valence-electron chi connectivity index (χ1n) is 8.51. The summed E-state index contributed by atoms with van der Waals surface area (Å²) in [5.41, 5.74) is 2.26. The minimum absolute atomic E-state index is 0.178. The highest BCUT2D eigenvalue weighted by Crippen LogP contribution is 2.45. The van der Waals surface area contributed by atoms with Crippen molar-refractivity contribution in [1.82, 2.24) is 5.43 Å². The van der Waals surface area contributed by atoms with Gasteiger partial charge in [0.2, 0.25) is 0 Å². The molecule has 0 amide bonds. The zero-order valence-electron chi connectivity index (χ0n) is 15.4. The van der Waals surface area contributed by atoms with Crippen molar-refractivity contribution in [1.29, 1.82) is 0 Å². The highest BCUT2D eigenvalue weighted by molar-refractivity contribution is 5.80. The third-order valence-electron chi connectivity index (χ3n) is 3.85. The van der Waals surface area contributed by atoms with Gasteiger partial charge in [0.05, 0.1) is 6.21 Å². The summed E-state index contributed by atoms with van der Waals surface area (Å²) in [6, 6.07) is 7.99. The van der Waals surface area contributed by atoms with Crippen molar-refractivity contribution in [3.63, 3.8) is 0 Å². The van der Waals surface area contributed by atoms with E-state index >= 15 is 0 Å². The van der Waals surface area contributed by atoms with E-state index in [1.54, 1.807) is 6.08 Å². The zero-order chi connectivity index (χ0) is 22.4. The van der Waals surface area contributed by atoms with E-state index in [1.807, 2.05) is 30.3 Å². The Bertz CT molecular complexity index is 880. The fourth-order valence-corrected chi connectivity index (χ4v) is 2.31. The van der Waals surface area contributed by atoms with Gasteiger partial charge in [-0.3, -0.25) is 0 Å². The molecule has 1 N–H and O–H groups in total. The van der Waals surface area contributed by atoms with Gasteiger partial charge in [-0.05, 0) is 41.3 Å². The molecule has 30 heavy (non-hydrogen) atoms. The van der Waals surface area contributed by atoms with Crippen molar-refractivity contribution >= 4 is 6.21 Å². The Kier molecular flexibility index (Phi) is 7.12. The molecule has 2 aromatic carbocycles. The van der Waals surface area contributed by atoms with Crippen LogP contribution in [0.15, 0.2) is 66.3 Å². The van der Waals surface area contributed by atoms with Crippen LogP contribution in [0.5, 0.6) is 5.75 Å². The van der Waals surface area contributed by atoms with Gasteiger partial charge in [0, 0.05) is 0 Å². The first kappa shape index (κ1) is 23.2. The number of hydrogen-bond donors (Lipinski definition) is 1. The first-order chi connectivity index (χ1) is 14.0. The largest absolute Gasteiger partial charge is 0.489 e. The van der Waals surface area contributed by atoms with Crippen molar-refractivity contribution in [3.05, 3.63) is 77.9 Å². The van der Waals surface area contributed by atoms with Crippen molar-refractivity contribution in [2.75, 3.05) is 0 Å². The van der Waals surface area contributed by atoms with Crippen LogP contribution in [0.25, 0.3) is 0 Å². The van der Waals surface area contributed by atoms with Crippen LogP contribution in [0.3, 0.4) is 0 Å². The van der Waals surface area contributed by atoms with Crippen LogP contribution in [-0.2, 0) is 13.0 Å². The van der Waals surface area contributed by atoms with E-state index in [-0.39, 0.29) is 12.2 Å². The highest BCUT2D eigenvalue weighted by Gasteiger charge is 2.73. The van der Waals surface area contributed by atoms with Crippen molar-refractivity contribution in [2.24, 2.45) is 5.10 Å². The molecule has 0 saturated heterocycles. The third-order valence-corrected chi connectivity index (χ3v) is 3.85. The molecule has 2 rings (SSSR count). The van der Waals surface area contributed by atoms with Gasteiger partial charge in [-0.2, -0.15) is 35.8 Å². The standard InChI is InChI=1S/C20H17F7N2O/c1-2-6-16-11-15(9-10-17(16)30-13-14-7-4-3-5-8-14)12-28-29-20(26,27)18(21,22)19(23,24)25/h2-5,7-12,29H,1,6,13H2/b28-12+. The number of rotatable bonds is 9. The fraction of sp³-hybridized carbons (Fsp3) is 0.250. The molecule has 3 nitrogen and oxygen atoms in total. The number of nitrogens with zero attached hydrogens (tertiary/aromatic N) is 1. The molecule has 162 valence electrons. The lowest BCUT2D eigenvalue weighted by atomic mass is 10.1. The maximum Gasteiger partial charge on any atom is 0.462 e. The molecule has 0 unspecified atom stereocenters. The normalized spacial score (nSPS) is 12.8. The molecule has 0 aliphatic carbocycles. The Labute approximate surface area is 167 Å². The van der Waals surface area contributed by atoms with Crippen LogP contribution >= 0.6 is 0 Å². The summed E-state index contributed by atoms with van der Waals surface area (Å²) in [5, 5.41) is 2.85. The summed E-state index contributed by atoms with van der Waals surface area (Å²) in [5.74, 6) is -5.82. The zero-order valence-corrected chi connectivity index (χ0v) is 15.4. The number of hydrogen-bond acceptors (Lipinski definition) is 3. The molecule has 0 aromatic heterocycles. The maximum atomic E-state index is 13.2. The minimum Gasteiger partial charge on any atom is -0.489 e. The van der Waals surface area contributed by atoms with E-state index in [0.29, 0.717) is 29.4 Å². The van der Waals surface area contributed by atoms with Gasteiger partial charge >= 0.3 is 18.1 Å². The molecule has 0 aliphatic heterocycles. The minimum atomic E-state index is -6.44. The molecular formula is C20H17F7N2O. The predicted octanol–water partition coefficient (Wildman–Crippen LogP) is 5.71. The average Bonchev–Trinajstić information content (AvgIpc) is 2.67. The number of alkyl halides is 7. The van der Waals surface area contributed by atoms with Gasteiger partial charge in [0.25, 0.3) is 0 Å². The van der Waals surface area contributed by atoms with Crippen LogP contribution in [-0.4, -0.2) is 24.4 Å². The average molecular weight is 434 g/mol. The summed E-state index contributed by atoms with van der Waals surface area (Å²) in [4.78, 5) is 0. The van der Waals surface area contributed by atoms with Crippen LogP contribution in [0.1, 0.15) is 16.7 Å². The predicted molar refractivity (Wildman–Crippen MR) is 97.8 cm³/mol. The Morgan fingerprint density at radius 3 is 2.23 bits per heavy atom. The van der Waals surface area contributed by atoms with Crippen LogP contribution in [0.4, 0.5) is 30.7 Å². The Morgan fingerprint density at radius 1 is 0.967 bits per heavy atom. The lowest BCUT2D eigenvalue weighted by molar-refractivity contribution is -0.361. The number of hydrazone groups is 1. The van der Waals surface area contributed by atoms with E-state index in [1.165, 1.54) is 18.2 Å². The second-order valence-electron chi connectivity index (χ2n) is 6.15. The second-order valence-corrected chi connectivity index (χ2v) is 6.15. The molecule has 10 heteroatoms. The van der Waals surface area contributed by atoms with Crippen LogP contribution in [0.2, 0.25) is 0 Å². The van der Waals surface area contributed by atoms with Gasteiger partial charge < -0.3 is 4.74 Å². The SMILES string of the molecule is C=CCc1cc(/C=N/NC(F)(F)C(F)(F)C(F)(F)F)ccc1OCc1ccccc1. The van der Waals surface area contributed by atoms with Gasteiger partial charge in [-0.1, -0.05) is 36.4 Å². The van der Waals surface area contributed by atoms with Gasteiger partial charge in [0.15, 0.2) is 0 Å². The molecular weight excluding hydrogens is 417 g/mol. The van der Waals surface area contributed by atoms with Crippen molar-refractivity contribution in [3.8, 4) is 5.75 Å². The van der Waals surface area contributed by atoms with Crippen molar-refractivity contribution < 1.29 is 35.5 Å². The number of benzene rings is 2. The van der Waals surface area contributed by atoms with Crippen LogP contribution in [0, 0.1) is 0 Å². The molecule has 0 atom stereocenters. The summed E-state index contributed by atoms with van der Waals surface area (Å²) in [6.45, 7) is 3.86. The molecule has 0 spiro atoms. The molecule has 2 aromatic rings. The number of ether oxygens (including phenoxy) is 1. The molecule has 0 heterocycles. The summed E-state index contributed by atoms with van der Waals surface area (Å²) < 4.78 is 94.1. The van der Waals surface area contributed by atoms with Gasteiger partial charge in [0.1, 0.15) is 12.4 Å². The van der Waals surface area contributed by atoms with E-state index in [2.05, 4.69) is 11.7 Å². The second kappa shape index (κ2) is 9.19. The fourth-order valence-electron chi connectivity index (χ4n) is 2.31. The molecule has 0 fully saturated rings. The van der Waals surface area contributed by atoms with Gasteiger partial charge in [-0.25, -0.2) is 5.43 Å². The van der Waals surface area contributed by atoms with Gasteiger partial charge in [-0.15, -0.1) is 6.58 Å². The molecule has 0 aliphatic rings. The quantitative estimate of drug-likeness (QED) is 0.180. The summed E-state index contributed by atoms with van der Waals surface area (Å²) in [7, 11) is 0. The van der Waals surface area contributed by atoms with E-state index < -0.39 is 18.1 Å². The monoisotopic (exact) mass is 434 g/mol. The maximum absolute atomic E-state index is 13.2. The lowest BCUT2D eigenvalue weighted by Gasteiger charge is -2.27. The highest BCUT2D eigenvalue weighted by atomic mass is 19.4. The summed E-state index contributed by atoms with van der Waals surface area (Å²) in [6.07, 6.45) is -3.84. The Morgan fingerprint density at radius 2 is 1.63 bits per heavy atom. The topological polar surface area (TPSA) is 33.6 Å². The summed E-state index contributed by atoms with van der Waals surface area (Å²) >= 11 is 0. The number of allylic oxidation sites excluding steroid dienone is 1. The van der Waals surface area contributed by atoms with Crippen LogP contribution < -0.4 is 10.2 Å². The van der Waals surface area contributed by atoms with E-state index in [4.69, 9.17) is 4.74 Å². The van der Waals surface area contributed by atoms with E-state index in [0.717, 1.165) is 5.56 Å². The Hall–Kier alpha value is -3.04. The smallest absolute Gasteiger partial charge is 0.462 e. The molecule has 0 saturated carbocycles.